The fourth-order valence-electron chi connectivity index (χ4n) is 5.84. The van der Waals surface area contributed by atoms with E-state index >= 15 is 0 Å². The fourth-order valence-corrected chi connectivity index (χ4v) is 5.84. The fraction of sp³-hybridized carbons (Fsp3) is 0.567. The Morgan fingerprint density at radius 2 is 1.65 bits per heavy atom. The van der Waals surface area contributed by atoms with E-state index in [1.807, 2.05) is 0 Å². The molecular weight excluding hydrogens is 581 g/mol. The largest absolute Gasteiger partial charge is 0.416 e. The van der Waals surface area contributed by atoms with Crippen LogP contribution < -0.4 is 5.32 Å². The number of carbonyl (C=O) groups is 1. The number of aryl methyl sites for hydroxylation is 1. The van der Waals surface area contributed by atoms with E-state index in [2.05, 4.69) is 10.2 Å². The van der Waals surface area contributed by atoms with Gasteiger partial charge in [0.15, 0.2) is 0 Å². The SMILES string of the molecule is Cc1cc(F)ccc1[C@H]1[C@H](CNCCN2CCOCC2)CCN1C(=O)N(C)[C@H](C)c1cc(C(F)(F)F)cc(C(F)(F)F)c1. The third-order valence-electron chi connectivity index (χ3n) is 8.41. The van der Waals surface area contributed by atoms with Crippen molar-refractivity contribution in [3.05, 3.63) is 70.0 Å². The van der Waals surface area contributed by atoms with Crippen molar-refractivity contribution in [3.8, 4) is 0 Å². The first-order valence-corrected chi connectivity index (χ1v) is 14.3. The van der Waals surface area contributed by atoms with Crippen molar-refractivity contribution in [3.63, 3.8) is 0 Å². The van der Waals surface area contributed by atoms with Gasteiger partial charge in [-0.05, 0) is 73.2 Å². The van der Waals surface area contributed by atoms with Gasteiger partial charge in [-0.2, -0.15) is 26.3 Å². The molecule has 4 rings (SSSR count). The van der Waals surface area contributed by atoms with Gasteiger partial charge in [-0.3, -0.25) is 4.90 Å². The molecule has 43 heavy (non-hydrogen) atoms. The molecule has 6 nitrogen and oxygen atoms in total. The summed E-state index contributed by atoms with van der Waals surface area (Å²) in [7, 11) is 1.36. The predicted molar refractivity (Wildman–Crippen MR) is 147 cm³/mol. The van der Waals surface area contributed by atoms with E-state index in [0.29, 0.717) is 57.0 Å². The minimum atomic E-state index is -5.00. The number of likely N-dealkylation sites (tertiary alicyclic amines) is 1. The highest BCUT2D eigenvalue weighted by Gasteiger charge is 2.42. The van der Waals surface area contributed by atoms with E-state index in [0.717, 1.165) is 30.1 Å². The Hall–Kier alpha value is -2.90. The lowest BCUT2D eigenvalue weighted by Crippen LogP contribution is -2.44. The smallest absolute Gasteiger partial charge is 0.379 e. The number of halogens is 7. The number of nitrogens with zero attached hydrogens (tertiary/aromatic N) is 3. The van der Waals surface area contributed by atoms with Crippen molar-refractivity contribution in [2.24, 2.45) is 5.92 Å². The van der Waals surface area contributed by atoms with Gasteiger partial charge in [-0.25, -0.2) is 9.18 Å². The van der Waals surface area contributed by atoms with Crippen molar-refractivity contribution in [1.82, 2.24) is 20.0 Å². The van der Waals surface area contributed by atoms with Crippen LogP contribution in [0.25, 0.3) is 0 Å². The maximum absolute atomic E-state index is 14.0. The minimum absolute atomic E-state index is 0.0492. The molecule has 238 valence electrons. The number of benzene rings is 2. The molecule has 2 saturated heterocycles. The predicted octanol–water partition coefficient (Wildman–Crippen LogP) is 6.27. The number of alkyl halides is 6. The molecule has 1 N–H and O–H groups in total. The lowest BCUT2D eigenvalue weighted by Gasteiger charge is -2.36. The van der Waals surface area contributed by atoms with E-state index in [1.54, 1.807) is 17.9 Å². The highest BCUT2D eigenvalue weighted by molar-refractivity contribution is 5.76. The van der Waals surface area contributed by atoms with Gasteiger partial charge in [-0.1, -0.05) is 6.07 Å². The summed E-state index contributed by atoms with van der Waals surface area (Å²) in [5.41, 5.74) is -1.77. The first-order valence-electron chi connectivity index (χ1n) is 14.3. The Balaban J connectivity index is 1.55. The second kappa shape index (κ2) is 13.4. The second-order valence-electron chi connectivity index (χ2n) is 11.3. The zero-order valence-electron chi connectivity index (χ0n) is 24.4. The van der Waals surface area contributed by atoms with Crippen LogP contribution in [0.5, 0.6) is 0 Å². The first kappa shape index (κ1) is 33.0. The molecule has 0 aliphatic carbocycles. The lowest BCUT2D eigenvalue weighted by molar-refractivity contribution is -0.143. The monoisotopic (exact) mass is 618 g/mol. The van der Waals surface area contributed by atoms with Crippen LogP contribution in [-0.2, 0) is 17.1 Å². The molecule has 2 aliphatic heterocycles. The molecule has 2 amide bonds. The molecule has 13 heteroatoms. The summed E-state index contributed by atoms with van der Waals surface area (Å²) in [6.45, 7) is 8.66. The molecule has 2 fully saturated rings. The second-order valence-corrected chi connectivity index (χ2v) is 11.3. The van der Waals surface area contributed by atoms with E-state index < -0.39 is 47.4 Å². The molecule has 2 aliphatic rings. The molecule has 2 heterocycles. The van der Waals surface area contributed by atoms with Crippen LogP contribution in [0, 0.1) is 18.7 Å². The molecule has 0 aromatic heterocycles. The molecule has 0 saturated carbocycles. The molecule has 3 atom stereocenters. The van der Waals surface area contributed by atoms with E-state index in [4.69, 9.17) is 4.74 Å². The van der Waals surface area contributed by atoms with Gasteiger partial charge in [0.1, 0.15) is 5.82 Å². The number of morpholine rings is 1. The van der Waals surface area contributed by atoms with Gasteiger partial charge < -0.3 is 19.9 Å². The highest BCUT2D eigenvalue weighted by Crippen LogP contribution is 2.41. The summed E-state index contributed by atoms with van der Waals surface area (Å²) >= 11 is 0. The van der Waals surface area contributed by atoms with Gasteiger partial charge >= 0.3 is 18.4 Å². The summed E-state index contributed by atoms with van der Waals surface area (Å²) in [5.74, 6) is -0.472. The average Bonchev–Trinajstić information content (AvgIpc) is 3.37. The number of hydrogen-bond donors (Lipinski definition) is 1. The summed E-state index contributed by atoms with van der Waals surface area (Å²) in [6.07, 6.45) is -9.39. The summed E-state index contributed by atoms with van der Waals surface area (Å²) in [5, 5.41) is 3.46. The summed E-state index contributed by atoms with van der Waals surface area (Å²) in [6, 6.07) is 3.60. The van der Waals surface area contributed by atoms with Crippen LogP contribution in [-0.4, -0.2) is 80.3 Å². The Morgan fingerprint density at radius 1 is 1.02 bits per heavy atom. The van der Waals surface area contributed by atoms with Crippen LogP contribution in [0.15, 0.2) is 36.4 Å². The number of amides is 2. The number of hydrogen-bond acceptors (Lipinski definition) is 4. The zero-order chi connectivity index (χ0) is 31.5. The van der Waals surface area contributed by atoms with Crippen LogP contribution in [0.2, 0.25) is 0 Å². The molecule has 0 spiro atoms. The van der Waals surface area contributed by atoms with Crippen molar-refractivity contribution < 1.29 is 40.3 Å². The molecule has 0 unspecified atom stereocenters. The lowest BCUT2D eigenvalue weighted by atomic mass is 9.90. The van der Waals surface area contributed by atoms with Crippen molar-refractivity contribution >= 4 is 6.03 Å². The van der Waals surface area contributed by atoms with Gasteiger partial charge in [-0.15, -0.1) is 0 Å². The molecule has 2 aromatic rings. The van der Waals surface area contributed by atoms with E-state index in [1.165, 1.54) is 26.1 Å². The average molecular weight is 619 g/mol. The van der Waals surface area contributed by atoms with Crippen molar-refractivity contribution in [1.29, 1.82) is 0 Å². The Kier molecular flexibility index (Phi) is 10.3. The van der Waals surface area contributed by atoms with Gasteiger partial charge in [0, 0.05) is 46.3 Å². The zero-order valence-corrected chi connectivity index (χ0v) is 24.4. The molecule has 2 aromatic carbocycles. The summed E-state index contributed by atoms with van der Waals surface area (Å²) in [4.78, 5) is 18.9. The molecule has 0 radical (unpaired) electrons. The van der Waals surface area contributed by atoms with E-state index in [9.17, 15) is 35.5 Å². The Labute approximate surface area is 246 Å². The van der Waals surface area contributed by atoms with Crippen molar-refractivity contribution in [2.75, 3.05) is 59.5 Å². The maximum Gasteiger partial charge on any atom is 0.416 e. The Bertz CT molecular complexity index is 1230. The van der Waals surface area contributed by atoms with Gasteiger partial charge in [0.25, 0.3) is 0 Å². The molecule has 0 bridgehead atoms. The van der Waals surface area contributed by atoms with Crippen LogP contribution in [0.3, 0.4) is 0 Å². The summed E-state index contributed by atoms with van der Waals surface area (Å²) < 4.78 is 100. The van der Waals surface area contributed by atoms with Crippen molar-refractivity contribution in [2.45, 2.75) is 44.7 Å². The Morgan fingerprint density at radius 3 is 2.23 bits per heavy atom. The van der Waals surface area contributed by atoms with Gasteiger partial charge in [0.05, 0.1) is 36.4 Å². The quantitative estimate of drug-likeness (QED) is 0.280. The first-order chi connectivity index (χ1) is 20.2. The van der Waals surface area contributed by atoms with Crippen LogP contribution in [0.4, 0.5) is 35.5 Å². The standard InChI is InChI=1S/C30H37F7N4O2/c1-19-14-25(31)4-5-26(19)27-21(18-38-7-9-40-10-12-43-13-11-40)6-8-41(27)28(42)39(3)20(2)22-15-23(29(32,33)34)17-24(16-22)30(35,36)37/h4-5,14-17,20-21,27,38H,6-13,18H2,1-3H3/t20-,21+,27-/m1/s1. The normalized spacial score (nSPS) is 20.8. The number of urea groups is 1. The van der Waals surface area contributed by atoms with Crippen LogP contribution >= 0.6 is 0 Å². The molecular formula is C30H37F7N4O2. The van der Waals surface area contributed by atoms with Gasteiger partial charge in [0.2, 0.25) is 0 Å². The number of nitrogens with one attached hydrogen (secondary N) is 1. The van der Waals surface area contributed by atoms with Crippen LogP contribution in [0.1, 0.15) is 53.2 Å². The third kappa shape index (κ3) is 7.98. The van der Waals surface area contributed by atoms with E-state index in [-0.39, 0.29) is 17.5 Å². The highest BCUT2D eigenvalue weighted by atomic mass is 19.4. The number of rotatable bonds is 8. The third-order valence-corrected chi connectivity index (χ3v) is 8.41. The minimum Gasteiger partial charge on any atom is -0.379 e. The number of ether oxygens (including phenoxy) is 1. The maximum atomic E-state index is 14.0. The topological polar surface area (TPSA) is 48.1 Å². The number of carbonyl (C=O) groups excluding carboxylic acids is 1.